The molecule has 6 heteroatoms. The molecule has 0 bridgehead atoms. The average Bonchev–Trinajstić information content (AvgIpc) is 2.53. The lowest BCUT2D eigenvalue weighted by Gasteiger charge is -2.41. The third-order valence-electron chi connectivity index (χ3n) is 3.81. The average molecular weight is 336 g/mol. The Labute approximate surface area is 140 Å². The van der Waals surface area contributed by atoms with E-state index in [4.69, 9.17) is 22.8 Å². The second kappa shape index (κ2) is 7.49. The van der Waals surface area contributed by atoms with Crippen LogP contribution in [0.1, 0.15) is 31.4 Å². The summed E-state index contributed by atoms with van der Waals surface area (Å²) >= 11 is 5.88. The van der Waals surface area contributed by atoms with Gasteiger partial charge >= 0.3 is 5.97 Å². The van der Waals surface area contributed by atoms with Crippen LogP contribution in [-0.4, -0.2) is 40.6 Å². The first kappa shape index (κ1) is 17.3. The van der Waals surface area contributed by atoms with Crippen LogP contribution >= 0.6 is 11.6 Å². The van der Waals surface area contributed by atoms with E-state index in [9.17, 15) is 14.7 Å². The van der Waals surface area contributed by atoms with E-state index in [0.717, 1.165) is 5.56 Å². The number of ether oxygens (including phenoxy) is 1. The Morgan fingerprint density at radius 2 is 2.17 bits per heavy atom. The van der Waals surface area contributed by atoms with Crippen molar-refractivity contribution >= 4 is 23.5 Å². The minimum Gasteiger partial charge on any atom is -0.480 e. The van der Waals surface area contributed by atoms with Crippen molar-refractivity contribution in [2.24, 2.45) is 0 Å². The van der Waals surface area contributed by atoms with Crippen molar-refractivity contribution in [2.45, 2.75) is 38.0 Å². The van der Waals surface area contributed by atoms with Crippen LogP contribution in [0.4, 0.5) is 0 Å². The predicted octanol–water partition coefficient (Wildman–Crippen LogP) is 2.50. The molecule has 1 fully saturated rings. The molecule has 0 saturated carbocycles. The lowest BCUT2D eigenvalue weighted by molar-refractivity contribution is -0.167. The molecule has 1 saturated heterocycles. The lowest BCUT2D eigenvalue weighted by Crippen LogP contribution is -2.57. The maximum atomic E-state index is 12.2. The summed E-state index contributed by atoms with van der Waals surface area (Å²) in [4.78, 5) is 25.1. The number of morpholine rings is 1. The second-order valence-electron chi connectivity index (χ2n) is 5.34. The number of carboxylic acids is 1. The molecule has 1 aliphatic heterocycles. The molecule has 1 aliphatic rings. The monoisotopic (exact) mass is 335 g/mol. The van der Waals surface area contributed by atoms with Crippen LogP contribution in [0.3, 0.4) is 0 Å². The summed E-state index contributed by atoms with van der Waals surface area (Å²) in [5.74, 6) is 1.06. The van der Waals surface area contributed by atoms with E-state index in [1.54, 1.807) is 24.3 Å². The number of carbonyl (C=O) groups excluding carboxylic acids is 1. The largest absolute Gasteiger partial charge is 0.480 e. The quantitative estimate of drug-likeness (QED) is 0.839. The van der Waals surface area contributed by atoms with Gasteiger partial charge in [0.1, 0.15) is 24.8 Å². The molecule has 0 aliphatic carbocycles. The number of aliphatic carboxylic acids is 1. The summed E-state index contributed by atoms with van der Waals surface area (Å²) in [6, 6.07) is 5.21. The molecule has 0 radical (unpaired) electrons. The van der Waals surface area contributed by atoms with Crippen LogP contribution in [0.5, 0.6) is 0 Å². The summed E-state index contributed by atoms with van der Waals surface area (Å²) in [6.45, 7) is 1.67. The van der Waals surface area contributed by atoms with Gasteiger partial charge in [-0.25, -0.2) is 4.79 Å². The number of carbonyl (C=O) groups is 2. The van der Waals surface area contributed by atoms with Crippen LogP contribution in [0.25, 0.3) is 0 Å². The third-order valence-corrected chi connectivity index (χ3v) is 4.07. The molecule has 0 spiro atoms. The van der Waals surface area contributed by atoms with Crippen LogP contribution in [0.2, 0.25) is 5.02 Å². The van der Waals surface area contributed by atoms with Crippen LogP contribution < -0.4 is 0 Å². The standard InChI is InChI=1S/C17H18ClNO4/c1-3-5-14(17(21)22)19-13(4-2)16(23-10-15(19)20)11-6-8-12(18)9-7-11/h2,6-9,13-14,16H,3,5,10H2,1H3,(H,21,22)/t13-,14?,16+/m1/s1. The number of terminal acetylenes is 1. The summed E-state index contributed by atoms with van der Waals surface area (Å²) in [5.41, 5.74) is 0.760. The molecule has 1 aromatic carbocycles. The Hall–Kier alpha value is -2.03. The second-order valence-corrected chi connectivity index (χ2v) is 5.77. The van der Waals surface area contributed by atoms with Gasteiger partial charge in [0, 0.05) is 5.02 Å². The van der Waals surface area contributed by atoms with E-state index >= 15 is 0 Å². The molecule has 1 aromatic rings. The van der Waals surface area contributed by atoms with E-state index in [1.165, 1.54) is 4.90 Å². The Morgan fingerprint density at radius 3 is 2.70 bits per heavy atom. The number of rotatable bonds is 5. The Morgan fingerprint density at radius 1 is 1.52 bits per heavy atom. The molecule has 122 valence electrons. The summed E-state index contributed by atoms with van der Waals surface area (Å²) in [7, 11) is 0. The normalized spacial score (nSPS) is 22.5. The first-order chi connectivity index (χ1) is 11.0. The summed E-state index contributed by atoms with van der Waals surface area (Å²) in [6.07, 6.45) is 6.00. The smallest absolute Gasteiger partial charge is 0.326 e. The maximum Gasteiger partial charge on any atom is 0.326 e. The fourth-order valence-corrected chi connectivity index (χ4v) is 2.88. The molecule has 1 N–H and O–H groups in total. The highest BCUT2D eigenvalue weighted by atomic mass is 35.5. The number of halogens is 1. The molecule has 23 heavy (non-hydrogen) atoms. The zero-order valence-corrected chi connectivity index (χ0v) is 13.5. The van der Waals surface area contributed by atoms with Crippen molar-refractivity contribution < 1.29 is 19.4 Å². The molecule has 5 nitrogen and oxygen atoms in total. The molecular weight excluding hydrogens is 318 g/mol. The zero-order valence-electron chi connectivity index (χ0n) is 12.7. The van der Waals surface area contributed by atoms with Gasteiger partial charge in [-0.2, -0.15) is 0 Å². The topological polar surface area (TPSA) is 66.8 Å². The maximum absolute atomic E-state index is 12.2. The van der Waals surface area contributed by atoms with Gasteiger partial charge in [0.05, 0.1) is 0 Å². The van der Waals surface area contributed by atoms with Gasteiger partial charge in [-0.3, -0.25) is 4.79 Å². The van der Waals surface area contributed by atoms with Crippen LogP contribution in [-0.2, 0) is 14.3 Å². The van der Waals surface area contributed by atoms with E-state index in [2.05, 4.69) is 5.92 Å². The highest BCUT2D eigenvalue weighted by Crippen LogP contribution is 2.31. The molecule has 1 amide bonds. The molecule has 3 atom stereocenters. The summed E-state index contributed by atoms with van der Waals surface area (Å²) in [5, 5.41) is 10.0. The predicted molar refractivity (Wildman–Crippen MR) is 85.9 cm³/mol. The minimum atomic E-state index is -1.06. The van der Waals surface area contributed by atoms with Gasteiger partial charge in [0.15, 0.2) is 0 Å². The molecule has 0 aromatic heterocycles. The van der Waals surface area contributed by atoms with Crippen molar-refractivity contribution in [3.05, 3.63) is 34.9 Å². The number of amides is 1. The molecule has 2 rings (SSSR count). The lowest BCUT2D eigenvalue weighted by atomic mass is 9.96. The first-order valence-electron chi connectivity index (χ1n) is 7.36. The van der Waals surface area contributed by atoms with Gasteiger partial charge in [0.25, 0.3) is 0 Å². The fourth-order valence-electron chi connectivity index (χ4n) is 2.75. The molecular formula is C17H18ClNO4. The van der Waals surface area contributed by atoms with Crippen molar-refractivity contribution in [1.29, 1.82) is 0 Å². The number of benzene rings is 1. The van der Waals surface area contributed by atoms with Crippen molar-refractivity contribution in [2.75, 3.05) is 6.61 Å². The Bertz CT molecular complexity index is 622. The number of hydrogen-bond donors (Lipinski definition) is 1. The van der Waals surface area contributed by atoms with Gasteiger partial charge in [0.2, 0.25) is 5.91 Å². The highest BCUT2D eigenvalue weighted by Gasteiger charge is 2.42. The van der Waals surface area contributed by atoms with Crippen LogP contribution in [0.15, 0.2) is 24.3 Å². The number of hydrogen-bond acceptors (Lipinski definition) is 3. The Balaban J connectivity index is 2.37. The van der Waals surface area contributed by atoms with E-state index < -0.39 is 30.1 Å². The van der Waals surface area contributed by atoms with Crippen molar-refractivity contribution in [3.8, 4) is 12.3 Å². The van der Waals surface area contributed by atoms with Crippen LogP contribution in [0, 0.1) is 12.3 Å². The van der Waals surface area contributed by atoms with Crippen molar-refractivity contribution in [1.82, 2.24) is 4.90 Å². The highest BCUT2D eigenvalue weighted by molar-refractivity contribution is 6.30. The number of carboxylic acid groups (broad SMARTS) is 1. The van der Waals surface area contributed by atoms with Gasteiger partial charge < -0.3 is 14.7 Å². The fraction of sp³-hybridized carbons (Fsp3) is 0.412. The van der Waals surface area contributed by atoms with Gasteiger partial charge in [-0.05, 0) is 24.1 Å². The first-order valence-corrected chi connectivity index (χ1v) is 7.74. The zero-order chi connectivity index (χ0) is 17.0. The minimum absolute atomic E-state index is 0.195. The molecule has 1 heterocycles. The number of nitrogens with zero attached hydrogens (tertiary/aromatic N) is 1. The Kier molecular flexibility index (Phi) is 5.64. The van der Waals surface area contributed by atoms with E-state index in [0.29, 0.717) is 17.9 Å². The van der Waals surface area contributed by atoms with Gasteiger partial charge in [-0.15, -0.1) is 6.42 Å². The van der Waals surface area contributed by atoms with E-state index in [1.807, 2.05) is 6.92 Å². The van der Waals surface area contributed by atoms with Crippen molar-refractivity contribution in [3.63, 3.8) is 0 Å². The van der Waals surface area contributed by atoms with E-state index in [-0.39, 0.29) is 6.61 Å². The summed E-state index contributed by atoms with van der Waals surface area (Å²) < 4.78 is 5.59. The molecule has 1 unspecified atom stereocenters. The SMILES string of the molecule is C#C[C@@H]1[C@H](c2ccc(Cl)cc2)OCC(=O)N1C(CCC)C(=O)O. The third kappa shape index (κ3) is 3.66. The van der Waals surface area contributed by atoms with Gasteiger partial charge in [-0.1, -0.05) is 43.0 Å².